The highest BCUT2D eigenvalue weighted by Gasteiger charge is 2.31. The number of benzene rings is 1. The van der Waals surface area contributed by atoms with Gasteiger partial charge in [-0.2, -0.15) is 0 Å². The minimum absolute atomic E-state index is 0.165. The average molecular weight is 215 g/mol. The third-order valence-corrected chi connectivity index (χ3v) is 3.27. The van der Waals surface area contributed by atoms with Crippen molar-refractivity contribution in [3.05, 3.63) is 48.6 Å². The first-order valence-corrected chi connectivity index (χ1v) is 5.69. The van der Waals surface area contributed by atoms with Crippen molar-refractivity contribution in [2.24, 2.45) is 5.92 Å². The maximum absolute atomic E-state index is 11.8. The molecule has 1 aromatic rings. The molecule has 1 fully saturated rings. The van der Waals surface area contributed by atoms with Crippen LogP contribution in [0, 0.1) is 5.92 Å². The van der Waals surface area contributed by atoms with Crippen LogP contribution in [0.2, 0.25) is 0 Å². The van der Waals surface area contributed by atoms with E-state index in [1.54, 1.807) is 0 Å². The summed E-state index contributed by atoms with van der Waals surface area (Å²) < 4.78 is 0. The fourth-order valence-electron chi connectivity index (χ4n) is 2.20. The van der Waals surface area contributed by atoms with E-state index in [1.165, 1.54) is 5.56 Å². The first-order valence-electron chi connectivity index (χ1n) is 5.69. The highest BCUT2D eigenvalue weighted by molar-refractivity contribution is 5.79. The molecule has 2 rings (SSSR count). The Balaban J connectivity index is 2.14. The summed E-state index contributed by atoms with van der Waals surface area (Å²) in [4.78, 5) is 13.8. The molecular formula is C14H17NO. The normalized spacial score (nSPS) is 22.2. The van der Waals surface area contributed by atoms with Crippen LogP contribution >= 0.6 is 0 Å². The second-order valence-electron chi connectivity index (χ2n) is 4.33. The summed E-state index contributed by atoms with van der Waals surface area (Å²) in [7, 11) is 0. The van der Waals surface area contributed by atoms with Crippen LogP contribution in [-0.2, 0) is 4.79 Å². The van der Waals surface area contributed by atoms with Gasteiger partial charge in [0.05, 0.1) is 6.04 Å². The second kappa shape index (κ2) is 4.52. The van der Waals surface area contributed by atoms with Crippen LogP contribution in [-0.4, -0.2) is 17.4 Å². The van der Waals surface area contributed by atoms with E-state index >= 15 is 0 Å². The van der Waals surface area contributed by atoms with E-state index in [-0.39, 0.29) is 11.9 Å². The number of likely N-dealkylation sites (tertiary alicyclic amines) is 1. The zero-order chi connectivity index (χ0) is 11.5. The first kappa shape index (κ1) is 10.9. The third kappa shape index (κ3) is 2.01. The highest BCUT2D eigenvalue weighted by Crippen LogP contribution is 2.28. The van der Waals surface area contributed by atoms with Crippen molar-refractivity contribution in [2.75, 3.05) is 6.54 Å². The van der Waals surface area contributed by atoms with Crippen molar-refractivity contribution < 1.29 is 4.79 Å². The number of carbonyl (C=O) groups excluding carboxylic acids is 1. The predicted molar refractivity (Wildman–Crippen MR) is 64.9 cm³/mol. The zero-order valence-electron chi connectivity index (χ0n) is 9.60. The van der Waals surface area contributed by atoms with Gasteiger partial charge in [0.25, 0.3) is 0 Å². The molecule has 1 heterocycles. The van der Waals surface area contributed by atoms with E-state index in [2.05, 4.69) is 25.6 Å². The molecule has 1 aliphatic rings. The SMILES string of the molecule is C=CC1CC(=O)N(C(C)c2ccccc2)C1. The Bertz CT molecular complexity index is 385. The van der Waals surface area contributed by atoms with Crippen LogP contribution in [0.15, 0.2) is 43.0 Å². The fourth-order valence-corrected chi connectivity index (χ4v) is 2.20. The van der Waals surface area contributed by atoms with Gasteiger partial charge in [0.2, 0.25) is 5.91 Å². The molecule has 1 aliphatic heterocycles. The van der Waals surface area contributed by atoms with E-state index in [0.29, 0.717) is 12.3 Å². The van der Waals surface area contributed by atoms with E-state index < -0.39 is 0 Å². The minimum Gasteiger partial charge on any atom is -0.335 e. The molecular weight excluding hydrogens is 198 g/mol. The van der Waals surface area contributed by atoms with Gasteiger partial charge in [-0.25, -0.2) is 0 Å². The van der Waals surface area contributed by atoms with Crippen LogP contribution in [0.3, 0.4) is 0 Å². The van der Waals surface area contributed by atoms with E-state index in [1.807, 2.05) is 29.2 Å². The Kier molecular flexibility index (Phi) is 3.09. The topological polar surface area (TPSA) is 20.3 Å². The molecule has 2 heteroatoms. The Labute approximate surface area is 96.6 Å². The largest absolute Gasteiger partial charge is 0.335 e. The summed E-state index contributed by atoms with van der Waals surface area (Å²) >= 11 is 0. The summed E-state index contributed by atoms with van der Waals surface area (Å²) in [5, 5.41) is 0. The van der Waals surface area contributed by atoms with Crippen LogP contribution in [0.4, 0.5) is 0 Å². The molecule has 1 amide bonds. The van der Waals surface area contributed by atoms with Crippen molar-refractivity contribution in [1.29, 1.82) is 0 Å². The van der Waals surface area contributed by atoms with Crippen LogP contribution in [0.1, 0.15) is 24.9 Å². The molecule has 0 spiro atoms. The standard InChI is InChI=1S/C14H17NO/c1-3-12-9-14(16)15(10-12)11(2)13-7-5-4-6-8-13/h3-8,11-12H,1,9-10H2,2H3. The maximum atomic E-state index is 11.8. The van der Waals surface area contributed by atoms with Crippen molar-refractivity contribution in [3.63, 3.8) is 0 Å². The van der Waals surface area contributed by atoms with Gasteiger partial charge < -0.3 is 4.90 Å². The van der Waals surface area contributed by atoms with Crippen LogP contribution in [0.25, 0.3) is 0 Å². The van der Waals surface area contributed by atoms with Crippen LogP contribution in [0.5, 0.6) is 0 Å². The molecule has 0 aliphatic carbocycles. The summed E-state index contributed by atoms with van der Waals surface area (Å²) in [6.45, 7) is 6.65. The Morgan fingerprint density at radius 1 is 1.44 bits per heavy atom. The number of hydrogen-bond donors (Lipinski definition) is 0. The lowest BCUT2D eigenvalue weighted by molar-refractivity contribution is -0.129. The van der Waals surface area contributed by atoms with Gasteiger partial charge in [0, 0.05) is 18.9 Å². The fraction of sp³-hybridized carbons (Fsp3) is 0.357. The number of rotatable bonds is 3. The maximum Gasteiger partial charge on any atom is 0.223 e. The number of hydrogen-bond acceptors (Lipinski definition) is 1. The average Bonchev–Trinajstić information content (AvgIpc) is 2.71. The quantitative estimate of drug-likeness (QED) is 0.710. The molecule has 0 saturated carbocycles. The van der Waals surface area contributed by atoms with Crippen molar-refractivity contribution in [2.45, 2.75) is 19.4 Å². The molecule has 0 radical (unpaired) electrons. The molecule has 0 aromatic heterocycles. The predicted octanol–water partition coefficient (Wildman–Crippen LogP) is 2.78. The first-order chi connectivity index (χ1) is 7.72. The monoisotopic (exact) mass is 215 g/mol. The zero-order valence-corrected chi connectivity index (χ0v) is 9.60. The highest BCUT2D eigenvalue weighted by atomic mass is 16.2. The molecule has 0 N–H and O–H groups in total. The summed E-state index contributed by atoms with van der Waals surface area (Å²) in [5.41, 5.74) is 1.19. The molecule has 0 bridgehead atoms. The third-order valence-electron chi connectivity index (χ3n) is 3.27. The van der Waals surface area contributed by atoms with E-state index in [9.17, 15) is 4.79 Å². The summed E-state index contributed by atoms with van der Waals surface area (Å²) in [6.07, 6.45) is 2.50. The lowest BCUT2D eigenvalue weighted by atomic mass is 10.1. The minimum atomic E-state index is 0.165. The van der Waals surface area contributed by atoms with Gasteiger partial charge in [0.1, 0.15) is 0 Å². The molecule has 2 atom stereocenters. The summed E-state index contributed by atoms with van der Waals surface area (Å²) in [6, 6.07) is 10.3. The van der Waals surface area contributed by atoms with Crippen molar-refractivity contribution in [1.82, 2.24) is 4.90 Å². The number of amides is 1. The Morgan fingerprint density at radius 3 is 2.69 bits per heavy atom. The van der Waals surface area contributed by atoms with Gasteiger partial charge >= 0.3 is 0 Å². The number of carbonyl (C=O) groups is 1. The van der Waals surface area contributed by atoms with Gasteiger partial charge in [-0.3, -0.25) is 4.79 Å². The smallest absolute Gasteiger partial charge is 0.223 e. The molecule has 84 valence electrons. The van der Waals surface area contributed by atoms with Gasteiger partial charge in [-0.05, 0) is 12.5 Å². The lowest BCUT2D eigenvalue weighted by Gasteiger charge is -2.25. The number of nitrogens with zero attached hydrogens (tertiary/aromatic N) is 1. The molecule has 1 saturated heterocycles. The van der Waals surface area contributed by atoms with Gasteiger partial charge in [0.15, 0.2) is 0 Å². The molecule has 2 nitrogen and oxygen atoms in total. The summed E-state index contributed by atoms with van der Waals surface area (Å²) in [5.74, 6) is 0.555. The van der Waals surface area contributed by atoms with Crippen LogP contribution < -0.4 is 0 Å². The van der Waals surface area contributed by atoms with Gasteiger partial charge in [-0.1, -0.05) is 36.4 Å². The van der Waals surface area contributed by atoms with E-state index in [0.717, 1.165) is 6.54 Å². The second-order valence-corrected chi connectivity index (χ2v) is 4.33. The van der Waals surface area contributed by atoms with Crippen molar-refractivity contribution in [3.8, 4) is 0 Å². The van der Waals surface area contributed by atoms with Gasteiger partial charge in [-0.15, -0.1) is 6.58 Å². The Morgan fingerprint density at radius 2 is 2.12 bits per heavy atom. The molecule has 16 heavy (non-hydrogen) atoms. The lowest BCUT2D eigenvalue weighted by Crippen LogP contribution is -2.28. The molecule has 2 unspecified atom stereocenters. The van der Waals surface area contributed by atoms with Crippen molar-refractivity contribution >= 4 is 5.91 Å². The Hall–Kier alpha value is -1.57. The molecule has 1 aromatic carbocycles. The van der Waals surface area contributed by atoms with E-state index in [4.69, 9.17) is 0 Å².